The highest BCUT2D eigenvalue weighted by Crippen LogP contribution is 2.22. The van der Waals surface area contributed by atoms with E-state index in [-0.39, 0.29) is 5.97 Å². The second kappa shape index (κ2) is 6.79. The Bertz CT molecular complexity index is 638. The molecule has 2 rings (SSSR count). The summed E-state index contributed by atoms with van der Waals surface area (Å²) < 4.78 is 10.1. The Morgan fingerprint density at radius 2 is 1.90 bits per heavy atom. The summed E-state index contributed by atoms with van der Waals surface area (Å²) in [6.45, 7) is 2.60. The molecule has 4 heteroatoms. The third-order valence-corrected chi connectivity index (χ3v) is 3.24. The molecule has 0 aliphatic heterocycles. The predicted molar refractivity (Wildman–Crippen MR) is 82.8 cm³/mol. The largest absolute Gasteiger partial charge is 0.496 e. The Labute approximate surface area is 124 Å². The molecule has 4 nitrogen and oxygen atoms in total. The normalized spacial score (nSPS) is 10.0. The first-order valence-corrected chi connectivity index (χ1v) is 6.70. The summed E-state index contributed by atoms with van der Waals surface area (Å²) in [4.78, 5) is 11.7. The zero-order valence-corrected chi connectivity index (χ0v) is 12.5. The third-order valence-electron chi connectivity index (χ3n) is 3.24. The van der Waals surface area contributed by atoms with Gasteiger partial charge in [0.05, 0.1) is 19.8 Å². The van der Waals surface area contributed by atoms with Crippen molar-refractivity contribution < 1.29 is 14.3 Å². The highest BCUT2D eigenvalue weighted by molar-refractivity contribution is 5.95. The van der Waals surface area contributed by atoms with Crippen LogP contribution in [-0.4, -0.2) is 20.2 Å². The minimum absolute atomic E-state index is 0.352. The first-order chi connectivity index (χ1) is 10.2. The van der Waals surface area contributed by atoms with Crippen molar-refractivity contribution in [1.29, 1.82) is 0 Å². The number of carbonyl (C=O) groups is 1. The van der Waals surface area contributed by atoms with Gasteiger partial charge >= 0.3 is 5.97 Å². The van der Waals surface area contributed by atoms with Crippen LogP contribution in [0.3, 0.4) is 0 Å². The Morgan fingerprint density at radius 3 is 2.62 bits per heavy atom. The summed E-state index contributed by atoms with van der Waals surface area (Å²) in [5.74, 6) is 0.470. The first kappa shape index (κ1) is 14.9. The van der Waals surface area contributed by atoms with E-state index >= 15 is 0 Å². The third kappa shape index (κ3) is 3.54. The maximum absolute atomic E-state index is 11.7. The van der Waals surface area contributed by atoms with Crippen molar-refractivity contribution in [1.82, 2.24) is 0 Å². The Kier molecular flexibility index (Phi) is 4.82. The van der Waals surface area contributed by atoms with Crippen LogP contribution in [0, 0.1) is 6.92 Å². The molecule has 110 valence electrons. The fraction of sp³-hybridized carbons (Fsp3) is 0.235. The van der Waals surface area contributed by atoms with Gasteiger partial charge in [-0.1, -0.05) is 29.8 Å². The van der Waals surface area contributed by atoms with Crippen LogP contribution in [0.1, 0.15) is 21.5 Å². The van der Waals surface area contributed by atoms with Gasteiger partial charge < -0.3 is 14.8 Å². The smallest absolute Gasteiger partial charge is 0.339 e. The first-order valence-electron chi connectivity index (χ1n) is 6.70. The highest BCUT2D eigenvalue weighted by Gasteiger charge is 2.11. The lowest BCUT2D eigenvalue weighted by molar-refractivity contribution is 0.0602. The van der Waals surface area contributed by atoms with Crippen molar-refractivity contribution in [3.05, 3.63) is 59.2 Å². The molecule has 2 aromatic rings. The van der Waals surface area contributed by atoms with Gasteiger partial charge in [0, 0.05) is 17.8 Å². The number of nitrogens with one attached hydrogen (secondary N) is 1. The summed E-state index contributed by atoms with van der Waals surface area (Å²) >= 11 is 0. The zero-order valence-electron chi connectivity index (χ0n) is 12.5. The fourth-order valence-electron chi connectivity index (χ4n) is 2.16. The number of anilines is 1. The maximum atomic E-state index is 11.7. The standard InChI is InChI=1S/C17H19NO3/c1-12-8-9-16(20-2)13(10-12)11-18-15-7-5-4-6-14(15)17(19)21-3/h4-10,18H,11H2,1-3H3. The van der Waals surface area contributed by atoms with Crippen molar-refractivity contribution >= 4 is 11.7 Å². The number of carbonyl (C=O) groups excluding carboxylic acids is 1. The molecular weight excluding hydrogens is 266 g/mol. The Hall–Kier alpha value is -2.49. The molecule has 0 atom stereocenters. The second-order valence-corrected chi connectivity index (χ2v) is 4.71. The van der Waals surface area contributed by atoms with E-state index in [0.29, 0.717) is 12.1 Å². The Morgan fingerprint density at radius 1 is 1.14 bits per heavy atom. The molecule has 0 saturated carbocycles. The molecule has 0 unspecified atom stereocenters. The van der Waals surface area contributed by atoms with Gasteiger partial charge in [-0.05, 0) is 25.1 Å². The summed E-state index contributed by atoms with van der Waals surface area (Å²) in [6.07, 6.45) is 0. The van der Waals surface area contributed by atoms with Crippen LogP contribution in [-0.2, 0) is 11.3 Å². The van der Waals surface area contributed by atoms with E-state index in [1.807, 2.05) is 37.3 Å². The van der Waals surface area contributed by atoms with Gasteiger partial charge in [0.2, 0.25) is 0 Å². The van der Waals surface area contributed by atoms with E-state index in [0.717, 1.165) is 22.6 Å². The van der Waals surface area contributed by atoms with E-state index in [4.69, 9.17) is 9.47 Å². The molecule has 21 heavy (non-hydrogen) atoms. The van der Waals surface area contributed by atoms with Crippen LogP contribution in [0.25, 0.3) is 0 Å². The topological polar surface area (TPSA) is 47.6 Å². The molecule has 0 aliphatic rings. The van der Waals surface area contributed by atoms with Crippen LogP contribution >= 0.6 is 0 Å². The molecule has 0 aliphatic carbocycles. The van der Waals surface area contributed by atoms with Crippen LogP contribution < -0.4 is 10.1 Å². The SMILES string of the molecule is COC(=O)c1ccccc1NCc1cc(C)ccc1OC. The zero-order chi connectivity index (χ0) is 15.2. The lowest BCUT2D eigenvalue weighted by Gasteiger charge is -2.13. The average Bonchev–Trinajstić information content (AvgIpc) is 2.52. The molecule has 0 amide bonds. The van der Waals surface area contributed by atoms with Gasteiger partial charge in [-0.3, -0.25) is 0 Å². The number of ether oxygens (including phenoxy) is 2. The minimum atomic E-state index is -0.352. The molecule has 0 bridgehead atoms. The monoisotopic (exact) mass is 285 g/mol. The lowest BCUT2D eigenvalue weighted by atomic mass is 10.1. The van der Waals surface area contributed by atoms with Gasteiger partial charge in [-0.25, -0.2) is 4.79 Å². The van der Waals surface area contributed by atoms with E-state index in [1.165, 1.54) is 7.11 Å². The summed E-state index contributed by atoms with van der Waals surface area (Å²) in [5, 5.41) is 3.27. The van der Waals surface area contributed by atoms with Crippen molar-refractivity contribution in [3.63, 3.8) is 0 Å². The highest BCUT2D eigenvalue weighted by atomic mass is 16.5. The fourth-order valence-corrected chi connectivity index (χ4v) is 2.16. The van der Waals surface area contributed by atoms with Crippen molar-refractivity contribution in [2.75, 3.05) is 19.5 Å². The Balaban J connectivity index is 2.21. The van der Waals surface area contributed by atoms with Gasteiger partial charge in [0.1, 0.15) is 5.75 Å². The van der Waals surface area contributed by atoms with E-state index < -0.39 is 0 Å². The summed E-state index contributed by atoms with van der Waals surface area (Å²) in [6, 6.07) is 13.3. The number of aryl methyl sites for hydroxylation is 1. The second-order valence-electron chi connectivity index (χ2n) is 4.71. The van der Waals surface area contributed by atoms with Crippen LogP contribution in [0.2, 0.25) is 0 Å². The number of hydrogen-bond donors (Lipinski definition) is 1. The number of esters is 1. The van der Waals surface area contributed by atoms with Gasteiger partial charge in [-0.2, -0.15) is 0 Å². The summed E-state index contributed by atoms with van der Waals surface area (Å²) in [5.41, 5.74) is 3.46. The lowest BCUT2D eigenvalue weighted by Crippen LogP contribution is -2.08. The molecule has 0 fully saturated rings. The van der Waals surface area contributed by atoms with E-state index in [9.17, 15) is 4.79 Å². The van der Waals surface area contributed by atoms with Crippen LogP contribution in [0.4, 0.5) is 5.69 Å². The van der Waals surface area contributed by atoms with Crippen LogP contribution in [0.15, 0.2) is 42.5 Å². The molecule has 0 spiro atoms. The number of rotatable bonds is 5. The number of para-hydroxylation sites is 1. The van der Waals surface area contributed by atoms with Gasteiger partial charge in [-0.15, -0.1) is 0 Å². The number of benzene rings is 2. The minimum Gasteiger partial charge on any atom is -0.496 e. The van der Waals surface area contributed by atoms with E-state index in [2.05, 4.69) is 11.4 Å². The quantitative estimate of drug-likeness (QED) is 0.855. The molecule has 2 aromatic carbocycles. The maximum Gasteiger partial charge on any atom is 0.339 e. The van der Waals surface area contributed by atoms with Crippen molar-refractivity contribution in [3.8, 4) is 5.75 Å². The predicted octanol–water partition coefficient (Wildman–Crippen LogP) is 3.40. The van der Waals surface area contributed by atoms with E-state index in [1.54, 1.807) is 13.2 Å². The van der Waals surface area contributed by atoms with Gasteiger partial charge in [0.15, 0.2) is 0 Å². The molecule has 0 aromatic heterocycles. The molecule has 0 heterocycles. The molecule has 0 saturated heterocycles. The summed E-state index contributed by atoms with van der Waals surface area (Å²) in [7, 11) is 3.03. The average molecular weight is 285 g/mol. The molecule has 0 radical (unpaired) electrons. The number of hydrogen-bond acceptors (Lipinski definition) is 4. The molecule has 1 N–H and O–H groups in total. The van der Waals surface area contributed by atoms with Gasteiger partial charge in [0.25, 0.3) is 0 Å². The molecular formula is C17H19NO3. The van der Waals surface area contributed by atoms with Crippen LogP contribution in [0.5, 0.6) is 5.75 Å². The number of methoxy groups -OCH3 is 2. The van der Waals surface area contributed by atoms with Crippen molar-refractivity contribution in [2.24, 2.45) is 0 Å². The van der Waals surface area contributed by atoms with Crippen molar-refractivity contribution in [2.45, 2.75) is 13.5 Å².